The summed E-state index contributed by atoms with van der Waals surface area (Å²) in [5, 5.41) is 28.7. The summed E-state index contributed by atoms with van der Waals surface area (Å²) >= 11 is 0. The highest BCUT2D eigenvalue weighted by Gasteiger charge is 2.39. The normalized spacial score (nSPS) is 35.8. The van der Waals surface area contributed by atoms with Gasteiger partial charge in [0.25, 0.3) is 5.91 Å². The molecule has 134 valence electrons. The van der Waals surface area contributed by atoms with Gasteiger partial charge in [-0.2, -0.15) is 0 Å². The first-order chi connectivity index (χ1) is 10.8. The molecule has 0 aromatic heterocycles. The van der Waals surface area contributed by atoms with Gasteiger partial charge in [-0.3, -0.25) is 4.79 Å². The highest BCUT2D eigenvalue weighted by Crippen LogP contribution is 2.38. The standard InChI is InChI=1S/C17H32N2O4/c1-10-7-13(14(21)8-11(10)2)16(18)12-3-5-19(6-4-12)17(23)15(22)9-20/h10-16,20-22H,3-9,18H2,1-2H3/t10?,11?,13?,14?,15-,16-/m1/s1. The van der Waals surface area contributed by atoms with E-state index in [1.807, 2.05) is 0 Å². The molecule has 1 aliphatic carbocycles. The lowest BCUT2D eigenvalue weighted by Gasteiger charge is -2.43. The second-order valence-corrected chi connectivity index (χ2v) is 7.60. The number of aliphatic hydroxyl groups excluding tert-OH is 3. The van der Waals surface area contributed by atoms with Gasteiger partial charge in [-0.1, -0.05) is 13.8 Å². The van der Waals surface area contributed by atoms with Crippen LogP contribution in [-0.2, 0) is 4.79 Å². The average molecular weight is 328 g/mol. The molecule has 1 amide bonds. The number of amides is 1. The molecule has 1 saturated carbocycles. The maximum Gasteiger partial charge on any atom is 0.253 e. The van der Waals surface area contributed by atoms with Crippen LogP contribution in [0.4, 0.5) is 0 Å². The second kappa shape index (κ2) is 7.92. The molecule has 6 heteroatoms. The number of nitrogens with zero attached hydrogens (tertiary/aromatic N) is 1. The predicted octanol–water partition coefficient (Wildman–Crippen LogP) is -0.0514. The summed E-state index contributed by atoms with van der Waals surface area (Å²) in [7, 11) is 0. The van der Waals surface area contributed by atoms with E-state index in [0.29, 0.717) is 30.8 Å². The summed E-state index contributed by atoms with van der Waals surface area (Å²) in [6, 6.07) is -0.0417. The van der Waals surface area contributed by atoms with Crippen LogP contribution in [0.5, 0.6) is 0 Å². The smallest absolute Gasteiger partial charge is 0.253 e. The number of likely N-dealkylation sites (tertiary alicyclic amines) is 1. The number of aliphatic hydroxyl groups is 3. The minimum absolute atomic E-state index is 0.0417. The van der Waals surface area contributed by atoms with Gasteiger partial charge in [-0.25, -0.2) is 0 Å². The Kier molecular flexibility index (Phi) is 6.42. The van der Waals surface area contributed by atoms with Crippen LogP contribution in [0.2, 0.25) is 0 Å². The Morgan fingerprint density at radius 2 is 1.78 bits per heavy atom. The summed E-state index contributed by atoms with van der Waals surface area (Å²) in [4.78, 5) is 13.5. The average Bonchev–Trinajstić information content (AvgIpc) is 2.56. The molecule has 0 bridgehead atoms. The number of piperidine rings is 1. The Labute approximate surface area is 138 Å². The fourth-order valence-corrected chi connectivity index (χ4v) is 4.16. The number of nitrogens with two attached hydrogens (primary N) is 1. The van der Waals surface area contributed by atoms with Gasteiger partial charge in [-0.15, -0.1) is 0 Å². The molecule has 2 rings (SSSR count). The lowest BCUT2D eigenvalue weighted by atomic mass is 9.68. The third-order valence-corrected chi connectivity index (χ3v) is 6.07. The second-order valence-electron chi connectivity index (χ2n) is 7.60. The molecule has 23 heavy (non-hydrogen) atoms. The topological polar surface area (TPSA) is 107 Å². The Bertz CT molecular complexity index is 398. The maximum atomic E-state index is 11.9. The number of carbonyl (C=O) groups is 1. The van der Waals surface area contributed by atoms with Crippen molar-refractivity contribution in [3.8, 4) is 0 Å². The van der Waals surface area contributed by atoms with Crippen molar-refractivity contribution in [1.29, 1.82) is 0 Å². The van der Waals surface area contributed by atoms with E-state index in [1.165, 1.54) is 0 Å². The zero-order valence-corrected chi connectivity index (χ0v) is 14.3. The molecule has 2 fully saturated rings. The molecule has 1 aliphatic heterocycles. The van der Waals surface area contributed by atoms with E-state index in [0.717, 1.165) is 25.7 Å². The van der Waals surface area contributed by atoms with E-state index in [1.54, 1.807) is 4.90 Å². The first-order valence-corrected chi connectivity index (χ1v) is 8.86. The fraction of sp³-hybridized carbons (Fsp3) is 0.941. The molecule has 6 nitrogen and oxygen atoms in total. The molecule has 2 aliphatic rings. The fourth-order valence-electron chi connectivity index (χ4n) is 4.16. The van der Waals surface area contributed by atoms with Crippen molar-refractivity contribution in [1.82, 2.24) is 4.90 Å². The van der Waals surface area contributed by atoms with E-state index in [9.17, 15) is 15.0 Å². The SMILES string of the molecule is CC1CC(O)C([C@H](N)C2CCN(C(=O)[C@H](O)CO)CC2)CC1C. The van der Waals surface area contributed by atoms with E-state index >= 15 is 0 Å². The van der Waals surface area contributed by atoms with E-state index in [4.69, 9.17) is 10.8 Å². The quantitative estimate of drug-likeness (QED) is 0.579. The van der Waals surface area contributed by atoms with Crippen LogP contribution < -0.4 is 5.73 Å². The monoisotopic (exact) mass is 328 g/mol. The number of hydrogen-bond acceptors (Lipinski definition) is 5. The Morgan fingerprint density at radius 3 is 2.35 bits per heavy atom. The first kappa shape index (κ1) is 18.6. The predicted molar refractivity (Wildman–Crippen MR) is 87.4 cm³/mol. The molecule has 1 heterocycles. The van der Waals surface area contributed by atoms with Crippen LogP contribution >= 0.6 is 0 Å². The minimum atomic E-state index is -1.32. The Morgan fingerprint density at radius 1 is 1.22 bits per heavy atom. The largest absolute Gasteiger partial charge is 0.393 e. The summed E-state index contributed by atoms with van der Waals surface area (Å²) < 4.78 is 0. The molecule has 6 atom stereocenters. The van der Waals surface area contributed by atoms with Crippen LogP contribution in [0.3, 0.4) is 0 Å². The van der Waals surface area contributed by atoms with Gasteiger partial charge in [-0.05, 0) is 43.4 Å². The lowest BCUT2D eigenvalue weighted by Crippen LogP contribution is -2.52. The van der Waals surface area contributed by atoms with Crippen LogP contribution in [0.25, 0.3) is 0 Å². The highest BCUT2D eigenvalue weighted by molar-refractivity contribution is 5.80. The highest BCUT2D eigenvalue weighted by atomic mass is 16.3. The van der Waals surface area contributed by atoms with Crippen LogP contribution in [0.15, 0.2) is 0 Å². The van der Waals surface area contributed by atoms with Gasteiger partial charge in [0, 0.05) is 25.0 Å². The van der Waals surface area contributed by atoms with Gasteiger partial charge < -0.3 is 26.0 Å². The molecule has 0 aromatic carbocycles. The molecule has 0 radical (unpaired) electrons. The summed E-state index contributed by atoms with van der Waals surface area (Å²) in [5.41, 5.74) is 6.48. The zero-order valence-electron chi connectivity index (χ0n) is 14.3. The van der Waals surface area contributed by atoms with Crippen molar-refractivity contribution < 1.29 is 20.1 Å². The summed E-state index contributed by atoms with van der Waals surface area (Å²) in [6.07, 6.45) is 1.72. The molecule has 4 unspecified atom stereocenters. The van der Waals surface area contributed by atoms with Crippen molar-refractivity contribution in [3.63, 3.8) is 0 Å². The lowest BCUT2D eigenvalue weighted by molar-refractivity contribution is -0.143. The van der Waals surface area contributed by atoms with E-state index in [2.05, 4.69) is 13.8 Å². The molecule has 0 spiro atoms. The van der Waals surface area contributed by atoms with Gasteiger partial charge in [0.15, 0.2) is 6.10 Å². The minimum Gasteiger partial charge on any atom is -0.393 e. The Hall–Kier alpha value is -0.690. The van der Waals surface area contributed by atoms with Crippen molar-refractivity contribution >= 4 is 5.91 Å². The molecule has 5 N–H and O–H groups in total. The third kappa shape index (κ3) is 4.24. The van der Waals surface area contributed by atoms with Crippen molar-refractivity contribution in [3.05, 3.63) is 0 Å². The summed E-state index contributed by atoms with van der Waals surface area (Å²) in [5.74, 6) is 1.14. The number of hydrogen-bond donors (Lipinski definition) is 4. The van der Waals surface area contributed by atoms with E-state index < -0.39 is 18.6 Å². The molecular formula is C17H32N2O4. The molecule has 0 aromatic rings. The summed E-state index contributed by atoms with van der Waals surface area (Å²) in [6.45, 7) is 4.99. The third-order valence-electron chi connectivity index (χ3n) is 6.07. The van der Waals surface area contributed by atoms with E-state index in [-0.39, 0.29) is 18.1 Å². The van der Waals surface area contributed by atoms with Crippen LogP contribution in [0, 0.1) is 23.7 Å². The number of rotatable bonds is 4. The van der Waals surface area contributed by atoms with Gasteiger partial charge in [0.05, 0.1) is 12.7 Å². The first-order valence-electron chi connectivity index (χ1n) is 8.86. The van der Waals surface area contributed by atoms with Crippen molar-refractivity contribution in [2.24, 2.45) is 29.4 Å². The number of carbonyl (C=O) groups excluding carboxylic acids is 1. The van der Waals surface area contributed by atoms with Crippen molar-refractivity contribution in [2.75, 3.05) is 19.7 Å². The Balaban J connectivity index is 1.88. The van der Waals surface area contributed by atoms with Crippen molar-refractivity contribution in [2.45, 2.75) is 57.8 Å². The zero-order chi connectivity index (χ0) is 17.1. The van der Waals surface area contributed by atoms with Crippen LogP contribution in [0.1, 0.15) is 39.5 Å². The van der Waals surface area contributed by atoms with Crippen LogP contribution in [-0.4, -0.2) is 64.1 Å². The van der Waals surface area contributed by atoms with Gasteiger partial charge in [0.2, 0.25) is 0 Å². The maximum absolute atomic E-state index is 11.9. The molecular weight excluding hydrogens is 296 g/mol. The molecule has 1 saturated heterocycles. The van der Waals surface area contributed by atoms with Gasteiger partial charge in [0.1, 0.15) is 0 Å². The van der Waals surface area contributed by atoms with Gasteiger partial charge >= 0.3 is 0 Å².